The molecule has 1 saturated heterocycles. The third-order valence-electron chi connectivity index (χ3n) is 2.72. The molecule has 1 rings (SSSR count). The van der Waals surface area contributed by atoms with E-state index in [1.807, 2.05) is 0 Å². The molecule has 0 saturated carbocycles. The van der Waals surface area contributed by atoms with Crippen LogP contribution in [-0.2, 0) is 14.3 Å². The Kier molecular flexibility index (Phi) is 6.87. The van der Waals surface area contributed by atoms with E-state index in [0.717, 1.165) is 31.2 Å². The van der Waals surface area contributed by atoms with Gasteiger partial charge in [-0.1, -0.05) is 0 Å². The average Bonchev–Trinajstić information content (AvgIpc) is 2.33. The van der Waals surface area contributed by atoms with E-state index in [4.69, 9.17) is 10.5 Å². The zero-order chi connectivity index (χ0) is 12.7. The number of nitrogens with two attached hydrogens (primary N) is 1. The zero-order valence-electron chi connectivity index (χ0n) is 10.6. The molecule has 0 aromatic heterocycles. The van der Waals surface area contributed by atoms with Gasteiger partial charge in [-0.15, -0.1) is 0 Å². The third-order valence-corrected chi connectivity index (χ3v) is 3.85. The molecule has 0 amide bonds. The fourth-order valence-corrected chi connectivity index (χ4v) is 2.71. The molecular weight excluding hydrogens is 240 g/mol. The molecule has 1 aliphatic heterocycles. The van der Waals surface area contributed by atoms with E-state index in [9.17, 15) is 4.79 Å². The number of nitrogens with zero attached hydrogens (tertiary/aromatic N) is 1. The van der Waals surface area contributed by atoms with E-state index in [1.54, 1.807) is 11.8 Å². The Hall–Kier alpha value is -0.300. The first-order chi connectivity index (χ1) is 8.13. The maximum Gasteiger partial charge on any atom is 0.322 e. The number of likely N-dealkylation sites (N-methyl/N-ethyl adjacent to an activating group) is 1. The molecule has 0 aromatic rings. The molecule has 0 aliphatic carbocycles. The number of hydrogen-bond donors (Lipinski definition) is 1. The molecule has 0 bridgehead atoms. The molecule has 2 atom stereocenters. The van der Waals surface area contributed by atoms with E-state index in [0.29, 0.717) is 12.5 Å². The first-order valence-electron chi connectivity index (χ1n) is 5.84. The molecule has 0 aromatic carbocycles. The topological polar surface area (TPSA) is 64.8 Å². The second-order valence-corrected chi connectivity index (χ2v) is 5.40. The summed E-state index contributed by atoms with van der Waals surface area (Å²) in [6, 6.07) is -0.498. The summed E-state index contributed by atoms with van der Waals surface area (Å²) in [5.41, 5.74) is 5.64. The quantitative estimate of drug-likeness (QED) is 0.534. The van der Waals surface area contributed by atoms with Crippen molar-refractivity contribution in [3.05, 3.63) is 0 Å². The number of esters is 1. The van der Waals surface area contributed by atoms with Crippen molar-refractivity contribution in [1.29, 1.82) is 0 Å². The van der Waals surface area contributed by atoms with Gasteiger partial charge in [0, 0.05) is 18.8 Å². The molecule has 1 aliphatic rings. The number of rotatable bonds is 6. The normalized spacial score (nSPS) is 23.4. The molecule has 0 radical (unpaired) electrons. The zero-order valence-corrected chi connectivity index (χ0v) is 11.4. The van der Waals surface area contributed by atoms with E-state index < -0.39 is 6.04 Å². The minimum atomic E-state index is -0.498. The van der Waals surface area contributed by atoms with Gasteiger partial charge in [0.2, 0.25) is 0 Å². The predicted molar refractivity (Wildman–Crippen MR) is 69.2 cm³/mol. The van der Waals surface area contributed by atoms with Crippen molar-refractivity contribution >= 4 is 17.7 Å². The van der Waals surface area contributed by atoms with Gasteiger partial charge in [-0.3, -0.25) is 4.79 Å². The molecule has 17 heavy (non-hydrogen) atoms. The molecule has 1 fully saturated rings. The van der Waals surface area contributed by atoms with Crippen LogP contribution in [0, 0.1) is 0 Å². The lowest BCUT2D eigenvalue weighted by Crippen LogP contribution is -2.41. The summed E-state index contributed by atoms with van der Waals surface area (Å²) in [4.78, 5) is 13.3. The van der Waals surface area contributed by atoms with E-state index in [1.165, 1.54) is 7.11 Å². The van der Waals surface area contributed by atoms with Crippen molar-refractivity contribution < 1.29 is 14.3 Å². The van der Waals surface area contributed by atoms with Crippen LogP contribution < -0.4 is 5.73 Å². The van der Waals surface area contributed by atoms with Crippen LogP contribution in [0.3, 0.4) is 0 Å². The van der Waals surface area contributed by atoms with Crippen LogP contribution in [0.25, 0.3) is 0 Å². The van der Waals surface area contributed by atoms with Crippen LogP contribution >= 0.6 is 11.8 Å². The molecule has 6 heteroatoms. The first kappa shape index (κ1) is 14.8. The van der Waals surface area contributed by atoms with Gasteiger partial charge in [0.1, 0.15) is 6.04 Å². The fourth-order valence-electron chi connectivity index (χ4n) is 1.66. The highest BCUT2D eigenvalue weighted by molar-refractivity contribution is 7.99. The number of ether oxygens (including phenoxy) is 2. The minimum Gasteiger partial charge on any atom is -0.468 e. The maximum atomic E-state index is 11.1. The van der Waals surface area contributed by atoms with Crippen molar-refractivity contribution in [2.75, 3.05) is 45.4 Å². The van der Waals surface area contributed by atoms with Gasteiger partial charge >= 0.3 is 5.97 Å². The Labute approximate surface area is 107 Å². The molecule has 100 valence electrons. The highest BCUT2D eigenvalue weighted by Gasteiger charge is 2.18. The summed E-state index contributed by atoms with van der Waals surface area (Å²) >= 11 is 1.78. The Balaban J connectivity index is 2.05. The molecular formula is C11H22N2O3S. The first-order valence-corrected chi connectivity index (χ1v) is 7.00. The summed E-state index contributed by atoms with van der Waals surface area (Å²) in [7, 11) is 3.47. The largest absolute Gasteiger partial charge is 0.468 e. The van der Waals surface area contributed by atoms with Gasteiger partial charge in [0.15, 0.2) is 0 Å². The fraction of sp³-hybridized carbons (Fsp3) is 0.909. The second kappa shape index (κ2) is 7.92. The van der Waals surface area contributed by atoms with Gasteiger partial charge in [0.25, 0.3) is 0 Å². The Morgan fingerprint density at radius 3 is 3.12 bits per heavy atom. The SMILES string of the molecule is COC(=O)C(N)CCSCC1CN(C)CCO1. The molecule has 2 unspecified atom stereocenters. The summed E-state index contributed by atoms with van der Waals surface area (Å²) in [5, 5.41) is 0. The van der Waals surface area contributed by atoms with Gasteiger partial charge in [-0.2, -0.15) is 11.8 Å². The van der Waals surface area contributed by atoms with Gasteiger partial charge < -0.3 is 20.1 Å². The summed E-state index contributed by atoms with van der Waals surface area (Å²) in [6.45, 7) is 2.80. The van der Waals surface area contributed by atoms with Crippen LogP contribution in [0.2, 0.25) is 0 Å². The van der Waals surface area contributed by atoms with E-state index >= 15 is 0 Å². The summed E-state index contributed by atoms with van der Waals surface area (Å²) in [5.74, 6) is 1.48. The van der Waals surface area contributed by atoms with Crippen molar-refractivity contribution in [2.45, 2.75) is 18.6 Å². The number of carbonyl (C=O) groups excluding carboxylic acids is 1. The summed E-state index contributed by atoms with van der Waals surface area (Å²) in [6.07, 6.45) is 0.952. The van der Waals surface area contributed by atoms with Gasteiger partial charge in [-0.25, -0.2) is 0 Å². The average molecular weight is 262 g/mol. The van der Waals surface area contributed by atoms with Crippen molar-refractivity contribution in [3.63, 3.8) is 0 Å². The third kappa shape index (κ3) is 5.72. The summed E-state index contributed by atoms with van der Waals surface area (Å²) < 4.78 is 10.2. The van der Waals surface area contributed by atoms with Crippen molar-refractivity contribution in [3.8, 4) is 0 Å². The van der Waals surface area contributed by atoms with Crippen molar-refractivity contribution in [1.82, 2.24) is 4.90 Å². The lowest BCUT2D eigenvalue weighted by Gasteiger charge is -2.29. The van der Waals surface area contributed by atoms with Crippen LogP contribution in [0.1, 0.15) is 6.42 Å². The Bertz CT molecular complexity index is 241. The highest BCUT2D eigenvalue weighted by atomic mass is 32.2. The number of morpholine rings is 1. The number of thioether (sulfide) groups is 1. The smallest absolute Gasteiger partial charge is 0.322 e. The lowest BCUT2D eigenvalue weighted by atomic mass is 10.2. The monoisotopic (exact) mass is 262 g/mol. The maximum absolute atomic E-state index is 11.1. The van der Waals surface area contributed by atoms with Gasteiger partial charge in [-0.05, 0) is 19.2 Å². The molecule has 0 spiro atoms. The van der Waals surface area contributed by atoms with Crippen molar-refractivity contribution in [2.24, 2.45) is 5.73 Å². The van der Waals surface area contributed by atoms with Crippen LogP contribution in [0.5, 0.6) is 0 Å². The molecule has 5 nitrogen and oxygen atoms in total. The predicted octanol–water partition coefficient (Wildman–Crippen LogP) is -0.0594. The number of hydrogen-bond acceptors (Lipinski definition) is 6. The van der Waals surface area contributed by atoms with Gasteiger partial charge in [0.05, 0.1) is 19.8 Å². The molecule has 2 N–H and O–H groups in total. The number of methoxy groups -OCH3 is 1. The minimum absolute atomic E-state index is 0.299. The Morgan fingerprint density at radius 2 is 2.47 bits per heavy atom. The Morgan fingerprint density at radius 1 is 1.71 bits per heavy atom. The lowest BCUT2D eigenvalue weighted by molar-refractivity contribution is -0.142. The second-order valence-electron chi connectivity index (χ2n) is 4.25. The number of carbonyl (C=O) groups is 1. The van der Waals surface area contributed by atoms with E-state index in [2.05, 4.69) is 16.7 Å². The van der Waals surface area contributed by atoms with Crippen LogP contribution in [0.15, 0.2) is 0 Å². The van der Waals surface area contributed by atoms with E-state index in [-0.39, 0.29) is 5.97 Å². The molecule has 1 heterocycles. The van der Waals surface area contributed by atoms with Crippen LogP contribution in [0.4, 0.5) is 0 Å². The highest BCUT2D eigenvalue weighted by Crippen LogP contribution is 2.12. The standard InChI is InChI=1S/C11H22N2O3S/c1-13-4-5-16-9(7-13)8-17-6-3-10(12)11(14)15-2/h9-10H,3-8,12H2,1-2H3. The van der Waals surface area contributed by atoms with Crippen LogP contribution in [-0.4, -0.2) is 68.4 Å².